The zero-order chi connectivity index (χ0) is 15.2. The average molecular weight is 292 g/mol. The Morgan fingerprint density at radius 3 is 2.43 bits per heavy atom. The molecule has 0 spiro atoms. The molecular weight excluding hydrogens is 268 g/mol. The van der Waals surface area contributed by atoms with Crippen molar-refractivity contribution in [3.63, 3.8) is 0 Å². The van der Waals surface area contributed by atoms with Gasteiger partial charge in [0.2, 0.25) is 0 Å². The Labute approximate surface area is 126 Å². The molecule has 1 heterocycles. The number of Topliss-reactive ketones (excluding diaryl/α,β-unsaturated/α-hetero) is 1. The number of ketones is 1. The van der Waals surface area contributed by atoms with E-state index in [4.69, 9.17) is 4.74 Å². The van der Waals surface area contributed by atoms with E-state index in [9.17, 15) is 9.90 Å². The molecule has 1 aliphatic heterocycles. The third-order valence-corrected chi connectivity index (χ3v) is 3.77. The SMILES string of the molecule is CC(=O)c1ccc(OC[C@H](O)CN2CCN(C)CC2)cc1. The fourth-order valence-electron chi connectivity index (χ4n) is 2.36. The standard InChI is InChI=1S/C16H24N2O3/c1-13(19)14-3-5-16(6-4-14)21-12-15(20)11-18-9-7-17(2)8-10-18/h3-6,15,20H,7-12H2,1-2H3/t15-/m1/s1. The van der Waals surface area contributed by atoms with Crippen molar-refractivity contribution in [1.29, 1.82) is 0 Å². The molecule has 21 heavy (non-hydrogen) atoms. The molecule has 1 fully saturated rings. The first-order valence-electron chi connectivity index (χ1n) is 7.37. The van der Waals surface area contributed by atoms with E-state index < -0.39 is 6.10 Å². The molecule has 0 amide bonds. The number of piperazine rings is 1. The third-order valence-electron chi connectivity index (χ3n) is 3.77. The van der Waals surface area contributed by atoms with E-state index in [-0.39, 0.29) is 12.4 Å². The van der Waals surface area contributed by atoms with E-state index in [1.54, 1.807) is 24.3 Å². The second-order valence-corrected chi connectivity index (χ2v) is 5.65. The first-order valence-corrected chi connectivity index (χ1v) is 7.37. The molecule has 1 aliphatic rings. The summed E-state index contributed by atoms with van der Waals surface area (Å²) in [4.78, 5) is 15.7. The van der Waals surface area contributed by atoms with E-state index in [1.807, 2.05) is 0 Å². The number of likely N-dealkylation sites (N-methyl/N-ethyl adjacent to an activating group) is 1. The van der Waals surface area contributed by atoms with Crippen molar-refractivity contribution < 1.29 is 14.6 Å². The molecule has 0 bridgehead atoms. The highest BCUT2D eigenvalue weighted by atomic mass is 16.5. The molecule has 5 nitrogen and oxygen atoms in total. The van der Waals surface area contributed by atoms with Crippen LogP contribution in [0.25, 0.3) is 0 Å². The molecule has 0 saturated carbocycles. The number of hydrogen-bond donors (Lipinski definition) is 1. The Hall–Kier alpha value is -1.43. The van der Waals surface area contributed by atoms with Gasteiger partial charge in [0.15, 0.2) is 5.78 Å². The molecule has 1 aromatic carbocycles. The summed E-state index contributed by atoms with van der Waals surface area (Å²) in [6.07, 6.45) is -0.499. The maximum atomic E-state index is 11.2. The lowest BCUT2D eigenvalue weighted by atomic mass is 10.1. The fourth-order valence-corrected chi connectivity index (χ4v) is 2.36. The number of nitrogens with zero attached hydrogens (tertiary/aromatic N) is 2. The van der Waals surface area contributed by atoms with E-state index in [0.29, 0.717) is 17.9 Å². The summed E-state index contributed by atoms with van der Waals surface area (Å²) in [7, 11) is 2.11. The summed E-state index contributed by atoms with van der Waals surface area (Å²) >= 11 is 0. The van der Waals surface area contributed by atoms with Gasteiger partial charge in [-0.2, -0.15) is 0 Å². The van der Waals surface area contributed by atoms with Gasteiger partial charge in [0.05, 0.1) is 0 Å². The number of β-amino-alcohol motifs (C(OH)–C–C–N with tert-alkyl or cyclic N) is 1. The van der Waals surface area contributed by atoms with Gasteiger partial charge in [0.25, 0.3) is 0 Å². The maximum absolute atomic E-state index is 11.2. The lowest BCUT2D eigenvalue weighted by Crippen LogP contribution is -2.47. The van der Waals surface area contributed by atoms with Crippen molar-refractivity contribution >= 4 is 5.78 Å². The Balaban J connectivity index is 1.73. The van der Waals surface area contributed by atoms with Gasteiger partial charge in [-0.05, 0) is 38.2 Å². The van der Waals surface area contributed by atoms with Crippen molar-refractivity contribution in [1.82, 2.24) is 9.80 Å². The smallest absolute Gasteiger partial charge is 0.159 e. The van der Waals surface area contributed by atoms with Crippen LogP contribution in [-0.4, -0.2) is 73.2 Å². The summed E-state index contributed by atoms with van der Waals surface area (Å²) in [5.41, 5.74) is 0.667. The van der Waals surface area contributed by atoms with Gasteiger partial charge < -0.3 is 14.7 Å². The fraction of sp³-hybridized carbons (Fsp3) is 0.562. The minimum absolute atomic E-state index is 0.0386. The number of aliphatic hydroxyl groups excluding tert-OH is 1. The Bertz CT molecular complexity index is 453. The lowest BCUT2D eigenvalue weighted by molar-refractivity contribution is 0.0504. The van der Waals surface area contributed by atoms with Crippen molar-refractivity contribution in [2.75, 3.05) is 46.4 Å². The summed E-state index contributed by atoms with van der Waals surface area (Å²) in [5.74, 6) is 0.717. The number of aliphatic hydroxyl groups is 1. The monoisotopic (exact) mass is 292 g/mol. The van der Waals surface area contributed by atoms with Gasteiger partial charge in [-0.25, -0.2) is 0 Å². The van der Waals surface area contributed by atoms with Crippen LogP contribution in [0.1, 0.15) is 17.3 Å². The Morgan fingerprint density at radius 1 is 1.24 bits per heavy atom. The van der Waals surface area contributed by atoms with Crippen LogP contribution < -0.4 is 4.74 Å². The zero-order valence-electron chi connectivity index (χ0n) is 12.8. The quantitative estimate of drug-likeness (QED) is 0.789. The normalized spacial score (nSPS) is 18.4. The number of benzene rings is 1. The molecule has 1 aromatic rings. The molecule has 0 aromatic heterocycles. The van der Waals surface area contributed by atoms with Gasteiger partial charge in [0, 0.05) is 38.3 Å². The lowest BCUT2D eigenvalue weighted by Gasteiger charge is -2.33. The number of rotatable bonds is 6. The van der Waals surface area contributed by atoms with Gasteiger partial charge in [-0.3, -0.25) is 9.69 Å². The van der Waals surface area contributed by atoms with Crippen LogP contribution in [0.4, 0.5) is 0 Å². The second-order valence-electron chi connectivity index (χ2n) is 5.65. The number of carbonyl (C=O) groups is 1. The molecule has 1 atom stereocenters. The maximum Gasteiger partial charge on any atom is 0.159 e. The van der Waals surface area contributed by atoms with Crippen LogP contribution in [0.3, 0.4) is 0 Å². The van der Waals surface area contributed by atoms with Gasteiger partial charge >= 0.3 is 0 Å². The molecule has 116 valence electrons. The predicted octanol–water partition coefficient (Wildman–Crippen LogP) is 0.876. The van der Waals surface area contributed by atoms with Crippen LogP contribution in [0.2, 0.25) is 0 Å². The average Bonchev–Trinajstić information content (AvgIpc) is 2.48. The Kier molecular flexibility index (Phi) is 5.73. The van der Waals surface area contributed by atoms with E-state index in [2.05, 4.69) is 16.8 Å². The highest BCUT2D eigenvalue weighted by molar-refractivity contribution is 5.94. The molecule has 0 aliphatic carbocycles. The molecule has 1 N–H and O–H groups in total. The first-order chi connectivity index (χ1) is 10.0. The third kappa shape index (κ3) is 5.12. The van der Waals surface area contributed by atoms with Crippen LogP contribution in [-0.2, 0) is 0 Å². The molecule has 1 saturated heterocycles. The minimum atomic E-state index is -0.499. The topological polar surface area (TPSA) is 53.0 Å². The van der Waals surface area contributed by atoms with Crippen molar-refractivity contribution in [2.24, 2.45) is 0 Å². The van der Waals surface area contributed by atoms with E-state index >= 15 is 0 Å². The van der Waals surface area contributed by atoms with Gasteiger partial charge in [0.1, 0.15) is 18.5 Å². The second kappa shape index (κ2) is 7.54. The molecule has 0 radical (unpaired) electrons. The highest BCUT2D eigenvalue weighted by Gasteiger charge is 2.17. The van der Waals surface area contributed by atoms with Crippen LogP contribution in [0.5, 0.6) is 5.75 Å². The molecule has 0 unspecified atom stereocenters. The van der Waals surface area contributed by atoms with E-state index in [1.165, 1.54) is 6.92 Å². The summed E-state index contributed by atoms with van der Waals surface area (Å²) < 4.78 is 5.57. The Morgan fingerprint density at radius 2 is 1.86 bits per heavy atom. The molecular formula is C16H24N2O3. The van der Waals surface area contributed by atoms with Crippen LogP contribution >= 0.6 is 0 Å². The van der Waals surface area contributed by atoms with Gasteiger partial charge in [-0.1, -0.05) is 0 Å². The molecule has 5 heteroatoms. The van der Waals surface area contributed by atoms with Crippen LogP contribution in [0, 0.1) is 0 Å². The largest absolute Gasteiger partial charge is 0.491 e. The van der Waals surface area contributed by atoms with Crippen LogP contribution in [0.15, 0.2) is 24.3 Å². The zero-order valence-corrected chi connectivity index (χ0v) is 12.8. The first kappa shape index (κ1) is 15.9. The summed E-state index contributed by atoms with van der Waals surface area (Å²) in [6, 6.07) is 7.01. The highest BCUT2D eigenvalue weighted by Crippen LogP contribution is 2.13. The minimum Gasteiger partial charge on any atom is -0.491 e. The summed E-state index contributed by atoms with van der Waals surface area (Å²) in [5, 5.41) is 10.0. The summed E-state index contributed by atoms with van der Waals surface area (Å²) in [6.45, 7) is 6.50. The molecule has 2 rings (SSSR count). The van der Waals surface area contributed by atoms with E-state index in [0.717, 1.165) is 26.2 Å². The van der Waals surface area contributed by atoms with Crippen molar-refractivity contribution in [3.8, 4) is 5.75 Å². The predicted molar refractivity (Wildman–Crippen MR) is 81.9 cm³/mol. The van der Waals surface area contributed by atoms with Crippen molar-refractivity contribution in [2.45, 2.75) is 13.0 Å². The number of carbonyl (C=O) groups excluding carboxylic acids is 1. The number of ether oxygens (including phenoxy) is 1. The van der Waals surface area contributed by atoms with Gasteiger partial charge in [-0.15, -0.1) is 0 Å². The number of hydrogen-bond acceptors (Lipinski definition) is 5. The van der Waals surface area contributed by atoms with Crippen molar-refractivity contribution in [3.05, 3.63) is 29.8 Å².